The van der Waals surface area contributed by atoms with E-state index in [1.807, 2.05) is 0 Å². The Kier molecular flexibility index (Phi) is 2.06. The van der Waals surface area contributed by atoms with Crippen LogP contribution in [-0.4, -0.2) is 47.1 Å². The number of hydrogen-bond donors (Lipinski definition) is 0. The molecule has 5 atom stereocenters. The maximum atomic E-state index is 13.3. The zero-order valence-electron chi connectivity index (χ0n) is 14.3. The van der Waals surface area contributed by atoms with E-state index in [0.717, 1.165) is 19.3 Å². The second-order valence-electron chi connectivity index (χ2n) is 6.59. The lowest BCUT2D eigenvalue weighted by Crippen LogP contribution is -2.71. The van der Waals surface area contributed by atoms with Crippen LogP contribution in [0.25, 0.3) is 0 Å². The molecule has 2 unspecified atom stereocenters. The summed E-state index contributed by atoms with van der Waals surface area (Å²) in [6.07, 6.45) is 4.45. The molecule has 0 aromatic carbocycles. The summed E-state index contributed by atoms with van der Waals surface area (Å²) >= 11 is 0. The first kappa shape index (κ1) is 9.35. The molecule has 19 heavy (non-hydrogen) atoms. The summed E-state index contributed by atoms with van der Waals surface area (Å²) in [5.41, 5.74) is 0. The van der Waals surface area contributed by atoms with Crippen molar-refractivity contribution in [1.82, 2.24) is 4.90 Å². The number of rotatable bonds is 0. The largest absolute Gasteiger partial charge is 0.633 e. The Hall–Kier alpha value is -0.610. The van der Waals surface area contributed by atoms with Gasteiger partial charge < -0.3 is 14.8 Å². The molecule has 4 saturated heterocycles. The molecule has 0 aliphatic carbocycles. The number of hydroxylamine groups is 3. The van der Waals surface area contributed by atoms with E-state index in [1.165, 1.54) is 4.90 Å². The van der Waals surface area contributed by atoms with E-state index in [4.69, 9.17) is 4.11 Å². The fourth-order valence-corrected chi connectivity index (χ4v) is 4.83. The lowest BCUT2D eigenvalue weighted by Gasteiger charge is -2.64. The van der Waals surface area contributed by atoms with Crippen LogP contribution >= 0.6 is 0 Å². The van der Waals surface area contributed by atoms with Gasteiger partial charge in [-0.25, -0.2) is 0 Å². The van der Waals surface area contributed by atoms with Crippen molar-refractivity contribution in [3.05, 3.63) is 5.21 Å². The highest BCUT2D eigenvalue weighted by Gasteiger charge is 2.55. The van der Waals surface area contributed by atoms with Gasteiger partial charge in [-0.05, 0) is 38.5 Å². The number of carbonyl (C=O) groups is 1. The maximum absolute atomic E-state index is 13.3. The number of hydrogen-bond acceptors (Lipinski definition) is 2. The molecule has 0 spiro atoms. The van der Waals surface area contributed by atoms with Gasteiger partial charge in [-0.3, -0.25) is 4.79 Å². The second-order valence-corrected chi connectivity index (χ2v) is 6.59. The van der Waals surface area contributed by atoms with Crippen molar-refractivity contribution in [2.24, 2.45) is 11.8 Å². The van der Waals surface area contributed by atoms with Gasteiger partial charge in [0, 0.05) is 33.5 Å². The highest BCUT2D eigenvalue weighted by atomic mass is 16.5. The molecule has 4 nitrogen and oxygen atoms in total. The molecule has 4 rings (SSSR count). The normalized spacial score (nSPS) is 58.4. The zero-order chi connectivity index (χ0) is 15.8. The van der Waals surface area contributed by atoms with Gasteiger partial charge in [0.05, 0.1) is 20.5 Å². The van der Waals surface area contributed by atoms with Crippen molar-refractivity contribution in [2.45, 2.75) is 57.0 Å². The fraction of sp³-hybridized carbons (Fsp3) is 0.933. The van der Waals surface area contributed by atoms with E-state index in [9.17, 15) is 10.0 Å². The quantitative estimate of drug-likeness (QED) is 0.497. The molecule has 4 heteroatoms. The van der Waals surface area contributed by atoms with Crippen molar-refractivity contribution in [1.29, 1.82) is 0 Å². The van der Waals surface area contributed by atoms with Gasteiger partial charge >= 0.3 is 0 Å². The van der Waals surface area contributed by atoms with E-state index < -0.39 is 18.4 Å². The molecular formula is C15H24N2O2. The van der Waals surface area contributed by atoms with Gasteiger partial charge in [0.15, 0.2) is 0 Å². The molecular weight excluding hydrogens is 240 g/mol. The van der Waals surface area contributed by atoms with Gasteiger partial charge in [-0.15, -0.1) is 0 Å². The van der Waals surface area contributed by atoms with Crippen LogP contribution in [0.1, 0.15) is 49.1 Å². The predicted molar refractivity (Wildman–Crippen MR) is 71.9 cm³/mol. The average molecular weight is 267 g/mol. The Labute approximate surface area is 119 Å². The first-order chi connectivity index (χ1) is 10.3. The first-order valence-electron chi connectivity index (χ1n) is 9.22. The van der Waals surface area contributed by atoms with Gasteiger partial charge in [0.1, 0.15) is 0 Å². The summed E-state index contributed by atoms with van der Waals surface area (Å²) in [7, 11) is 0. The number of amides is 1. The molecule has 4 aliphatic rings. The molecule has 106 valence electrons. The molecule has 0 aromatic rings. The van der Waals surface area contributed by atoms with E-state index in [1.54, 1.807) is 0 Å². The van der Waals surface area contributed by atoms with Crippen molar-refractivity contribution >= 4 is 5.91 Å². The minimum absolute atomic E-state index is 0.169. The summed E-state index contributed by atoms with van der Waals surface area (Å²) in [4.78, 5) is 13.7. The van der Waals surface area contributed by atoms with Crippen LogP contribution in [0, 0.1) is 17.0 Å². The Morgan fingerprint density at radius 3 is 2.89 bits per heavy atom. The molecule has 0 radical (unpaired) electrons. The van der Waals surface area contributed by atoms with Crippen LogP contribution in [0.2, 0.25) is 0 Å². The topological polar surface area (TPSA) is 43.4 Å². The highest BCUT2D eigenvalue weighted by Crippen LogP contribution is 2.47. The van der Waals surface area contributed by atoms with Crippen molar-refractivity contribution in [3.8, 4) is 0 Å². The van der Waals surface area contributed by atoms with Gasteiger partial charge in [-0.2, -0.15) is 0 Å². The third-order valence-corrected chi connectivity index (χ3v) is 5.55. The Balaban J connectivity index is 1.86. The second kappa shape index (κ2) is 4.19. The first-order valence-corrected chi connectivity index (χ1v) is 7.72. The molecule has 0 saturated carbocycles. The minimum atomic E-state index is -1.86. The Morgan fingerprint density at radius 2 is 2.05 bits per heavy atom. The van der Waals surface area contributed by atoms with Crippen LogP contribution in [0.3, 0.4) is 0 Å². The van der Waals surface area contributed by atoms with Crippen LogP contribution < -0.4 is 0 Å². The fourth-order valence-electron chi connectivity index (χ4n) is 4.83. The predicted octanol–water partition coefficient (Wildman–Crippen LogP) is 1.88. The lowest BCUT2D eigenvalue weighted by molar-refractivity contribution is -0.925. The highest BCUT2D eigenvalue weighted by molar-refractivity contribution is 5.77. The molecule has 1 amide bonds. The van der Waals surface area contributed by atoms with Gasteiger partial charge in [0.25, 0.3) is 0 Å². The van der Waals surface area contributed by atoms with Crippen LogP contribution in [-0.2, 0) is 4.79 Å². The van der Waals surface area contributed by atoms with E-state index in [0.29, 0.717) is 38.8 Å². The Morgan fingerprint density at radius 1 is 1.26 bits per heavy atom. The smallest absolute Gasteiger partial charge is 0.222 e. The SMILES string of the molecule is [2H]C1([2H])[C@@H]2CCC[N+]3([O-])CCC[C@@H](C23)[C@@]2([2H])CCCC(=O)N12. The minimum Gasteiger partial charge on any atom is -0.633 e. The summed E-state index contributed by atoms with van der Waals surface area (Å²) in [5, 5.41) is 13.3. The monoisotopic (exact) mass is 267 g/mol. The van der Waals surface area contributed by atoms with Crippen molar-refractivity contribution < 1.29 is 13.6 Å². The molecule has 0 N–H and O–H groups in total. The maximum Gasteiger partial charge on any atom is 0.222 e. The summed E-state index contributed by atoms with van der Waals surface area (Å²) in [6, 6.07) is -1.55. The lowest BCUT2D eigenvalue weighted by atomic mass is 9.67. The van der Waals surface area contributed by atoms with Gasteiger partial charge in [0.2, 0.25) is 5.91 Å². The van der Waals surface area contributed by atoms with Gasteiger partial charge in [-0.1, -0.05) is 0 Å². The molecule has 0 bridgehead atoms. The summed E-state index contributed by atoms with van der Waals surface area (Å²) in [6.45, 7) is -0.748. The molecule has 4 heterocycles. The van der Waals surface area contributed by atoms with E-state index >= 15 is 0 Å². The van der Waals surface area contributed by atoms with E-state index in [-0.39, 0.29) is 22.5 Å². The van der Waals surface area contributed by atoms with Crippen molar-refractivity contribution in [3.63, 3.8) is 0 Å². The number of quaternary nitrogens is 1. The van der Waals surface area contributed by atoms with Crippen LogP contribution in [0.5, 0.6) is 0 Å². The van der Waals surface area contributed by atoms with E-state index in [2.05, 4.69) is 0 Å². The van der Waals surface area contributed by atoms with Crippen LogP contribution in [0.4, 0.5) is 0 Å². The third-order valence-electron chi connectivity index (χ3n) is 5.55. The zero-order valence-corrected chi connectivity index (χ0v) is 11.3. The average Bonchev–Trinajstić information content (AvgIpc) is 2.43. The summed E-state index contributed by atoms with van der Waals surface area (Å²) < 4.78 is 25.8. The molecule has 4 fully saturated rings. The number of carbonyl (C=O) groups excluding carboxylic acids is 1. The number of piperidine rings is 4. The van der Waals surface area contributed by atoms with Crippen molar-refractivity contribution in [2.75, 3.05) is 19.6 Å². The molecule has 0 aromatic heterocycles. The molecule has 4 aliphatic heterocycles. The number of nitrogens with zero attached hydrogens (tertiary/aromatic N) is 2. The standard InChI is InChI=1S/C15H24N2O2/c18-14-7-1-6-13-12-5-3-9-17(19)8-2-4-11(15(12)17)10-16(13)14/h11-13,15H,1-10H2/t11-,12+,13+,15?,17?/m0/s1/i10D2,13D. The number of fused-ring (bicyclic) bond motifs is 2. The third kappa shape index (κ3) is 1.69. The summed E-state index contributed by atoms with van der Waals surface area (Å²) in [5.74, 6) is -0.813. The Bertz CT molecular complexity index is 513. The van der Waals surface area contributed by atoms with Crippen LogP contribution in [0.15, 0.2) is 0 Å².